The molecule has 0 aliphatic carbocycles. The Kier molecular flexibility index (Phi) is 3.65. The molecule has 0 spiro atoms. The maximum Gasteiger partial charge on any atom is 0.333 e. The highest BCUT2D eigenvalue weighted by Crippen LogP contribution is 2.38. The molecule has 0 atom stereocenters. The number of allylic oxidation sites excluding steroid dienone is 1. The third kappa shape index (κ3) is 2.20. The molecule has 1 amide bonds. The molecule has 1 heterocycles. The van der Waals surface area contributed by atoms with E-state index in [9.17, 15) is 9.59 Å². The average Bonchev–Trinajstić information content (AvgIpc) is 2.73. The van der Waals surface area contributed by atoms with Gasteiger partial charge in [-0.2, -0.15) is 0 Å². The van der Waals surface area contributed by atoms with E-state index in [1.807, 2.05) is 0 Å². The highest BCUT2D eigenvalue weighted by Gasteiger charge is 2.33. The van der Waals surface area contributed by atoms with Gasteiger partial charge < -0.3 is 14.6 Å². The lowest BCUT2D eigenvalue weighted by molar-refractivity contribution is -0.133. The van der Waals surface area contributed by atoms with Gasteiger partial charge in [0.1, 0.15) is 11.5 Å². The first-order chi connectivity index (χ1) is 9.49. The molecule has 6 nitrogen and oxygen atoms in total. The Morgan fingerprint density at radius 1 is 1.30 bits per heavy atom. The topological polar surface area (TPSA) is 76.1 Å². The fraction of sp³-hybridized carbons (Fsp3) is 0.286. The largest absolute Gasteiger partial charge is 0.497 e. The van der Waals surface area contributed by atoms with Crippen LogP contribution < -0.4 is 14.4 Å². The summed E-state index contributed by atoms with van der Waals surface area (Å²) >= 11 is 0. The summed E-state index contributed by atoms with van der Waals surface area (Å²) in [6, 6.07) is 5.01. The van der Waals surface area contributed by atoms with E-state index >= 15 is 0 Å². The molecule has 106 valence electrons. The van der Waals surface area contributed by atoms with Gasteiger partial charge in [-0.25, -0.2) is 4.79 Å². The van der Waals surface area contributed by atoms with Crippen LogP contribution in [0.25, 0.3) is 0 Å². The van der Waals surface area contributed by atoms with Crippen LogP contribution in [0, 0.1) is 0 Å². The molecule has 1 aromatic carbocycles. The van der Waals surface area contributed by atoms with Gasteiger partial charge in [-0.3, -0.25) is 9.69 Å². The standard InChI is InChI=1S/C14H15NO5/c1-8-10(14(17)18)7-13(16)15(8)11-5-4-9(19-2)6-12(11)20-3/h4-6H,7H2,1-3H3,(H,17,18). The summed E-state index contributed by atoms with van der Waals surface area (Å²) in [5.74, 6) is -0.324. The van der Waals surface area contributed by atoms with Crippen molar-refractivity contribution in [1.29, 1.82) is 0 Å². The van der Waals surface area contributed by atoms with Crippen LogP contribution in [0.3, 0.4) is 0 Å². The second-order valence-corrected chi connectivity index (χ2v) is 4.31. The van der Waals surface area contributed by atoms with Gasteiger partial charge in [-0.05, 0) is 19.1 Å². The van der Waals surface area contributed by atoms with Crippen molar-refractivity contribution in [3.05, 3.63) is 29.5 Å². The summed E-state index contributed by atoms with van der Waals surface area (Å²) in [6.07, 6.45) is -0.115. The quantitative estimate of drug-likeness (QED) is 0.908. The molecule has 0 bridgehead atoms. The average molecular weight is 277 g/mol. The molecule has 6 heteroatoms. The van der Waals surface area contributed by atoms with E-state index in [0.29, 0.717) is 22.9 Å². The molecule has 20 heavy (non-hydrogen) atoms. The number of hydrogen-bond donors (Lipinski definition) is 1. The number of aliphatic carboxylic acids is 1. The van der Waals surface area contributed by atoms with E-state index in [1.165, 1.54) is 19.1 Å². The Labute approximate surface area is 116 Å². The number of carboxylic acid groups (broad SMARTS) is 1. The Morgan fingerprint density at radius 2 is 2.00 bits per heavy atom. The smallest absolute Gasteiger partial charge is 0.333 e. The summed E-state index contributed by atoms with van der Waals surface area (Å²) < 4.78 is 10.3. The van der Waals surface area contributed by atoms with Crippen molar-refractivity contribution in [1.82, 2.24) is 0 Å². The van der Waals surface area contributed by atoms with Gasteiger partial charge in [0.15, 0.2) is 0 Å². The fourth-order valence-electron chi connectivity index (χ4n) is 2.20. The minimum absolute atomic E-state index is 0.105. The van der Waals surface area contributed by atoms with E-state index in [0.717, 1.165) is 0 Å². The van der Waals surface area contributed by atoms with Gasteiger partial charge in [0.2, 0.25) is 5.91 Å². The summed E-state index contributed by atoms with van der Waals surface area (Å²) in [5.41, 5.74) is 1.02. The lowest BCUT2D eigenvalue weighted by atomic mass is 10.2. The first kappa shape index (κ1) is 13.9. The monoisotopic (exact) mass is 277 g/mol. The second-order valence-electron chi connectivity index (χ2n) is 4.31. The number of anilines is 1. The van der Waals surface area contributed by atoms with Crippen molar-refractivity contribution >= 4 is 17.6 Å². The van der Waals surface area contributed by atoms with Crippen molar-refractivity contribution in [2.45, 2.75) is 13.3 Å². The van der Waals surface area contributed by atoms with Gasteiger partial charge in [0.05, 0.1) is 31.9 Å². The Hall–Kier alpha value is -2.50. The van der Waals surface area contributed by atoms with Crippen LogP contribution in [-0.2, 0) is 9.59 Å². The number of ether oxygens (including phenoxy) is 2. The fourth-order valence-corrected chi connectivity index (χ4v) is 2.20. The number of nitrogens with zero attached hydrogens (tertiary/aromatic N) is 1. The molecular weight excluding hydrogens is 262 g/mol. The molecule has 1 aromatic rings. The lowest BCUT2D eigenvalue weighted by Crippen LogP contribution is -2.23. The Morgan fingerprint density at radius 3 is 2.50 bits per heavy atom. The maximum absolute atomic E-state index is 12.1. The zero-order valence-electron chi connectivity index (χ0n) is 11.5. The van der Waals surface area contributed by atoms with Crippen LogP contribution in [0.5, 0.6) is 11.5 Å². The molecule has 1 N–H and O–H groups in total. The normalized spacial score (nSPS) is 14.8. The molecule has 0 radical (unpaired) electrons. The van der Waals surface area contributed by atoms with Crippen molar-refractivity contribution in [3.8, 4) is 11.5 Å². The van der Waals surface area contributed by atoms with Crippen LogP contribution >= 0.6 is 0 Å². The van der Waals surface area contributed by atoms with Crippen molar-refractivity contribution in [2.75, 3.05) is 19.1 Å². The summed E-state index contributed by atoms with van der Waals surface area (Å²) in [4.78, 5) is 24.5. The SMILES string of the molecule is COc1ccc(N2C(=O)CC(C(=O)O)=C2C)c(OC)c1. The van der Waals surface area contributed by atoms with E-state index in [2.05, 4.69) is 0 Å². The van der Waals surface area contributed by atoms with Crippen LogP contribution in [0.1, 0.15) is 13.3 Å². The number of rotatable bonds is 4. The number of methoxy groups -OCH3 is 2. The third-order valence-corrected chi connectivity index (χ3v) is 3.24. The molecule has 1 aliphatic heterocycles. The Bertz CT molecular complexity index is 606. The Balaban J connectivity index is 2.51. The molecule has 0 aromatic heterocycles. The van der Waals surface area contributed by atoms with Gasteiger partial charge in [-0.15, -0.1) is 0 Å². The summed E-state index contributed by atoms with van der Waals surface area (Å²) in [7, 11) is 3.01. The van der Waals surface area contributed by atoms with Gasteiger partial charge in [-0.1, -0.05) is 0 Å². The highest BCUT2D eigenvalue weighted by atomic mass is 16.5. The molecule has 2 rings (SSSR count). The maximum atomic E-state index is 12.1. The zero-order valence-corrected chi connectivity index (χ0v) is 11.5. The van der Waals surface area contributed by atoms with Crippen LogP contribution in [0.15, 0.2) is 29.5 Å². The van der Waals surface area contributed by atoms with Gasteiger partial charge in [0, 0.05) is 11.8 Å². The van der Waals surface area contributed by atoms with Gasteiger partial charge >= 0.3 is 5.97 Å². The predicted octanol–water partition coefficient (Wildman–Crippen LogP) is 1.80. The molecule has 0 saturated heterocycles. The van der Waals surface area contributed by atoms with E-state index in [1.54, 1.807) is 25.1 Å². The van der Waals surface area contributed by atoms with E-state index in [4.69, 9.17) is 14.6 Å². The lowest BCUT2D eigenvalue weighted by Gasteiger charge is -2.21. The number of carbonyl (C=O) groups excluding carboxylic acids is 1. The predicted molar refractivity (Wildman–Crippen MR) is 72.0 cm³/mol. The van der Waals surface area contributed by atoms with Crippen molar-refractivity contribution in [3.63, 3.8) is 0 Å². The van der Waals surface area contributed by atoms with E-state index in [-0.39, 0.29) is 17.9 Å². The third-order valence-electron chi connectivity index (χ3n) is 3.24. The molecule has 1 aliphatic rings. The van der Waals surface area contributed by atoms with Gasteiger partial charge in [0.25, 0.3) is 0 Å². The summed E-state index contributed by atoms with van der Waals surface area (Å²) in [6.45, 7) is 1.61. The highest BCUT2D eigenvalue weighted by molar-refractivity contribution is 6.09. The number of benzene rings is 1. The number of amides is 1. The zero-order chi connectivity index (χ0) is 14.9. The summed E-state index contributed by atoms with van der Waals surface area (Å²) in [5, 5.41) is 9.09. The first-order valence-electron chi connectivity index (χ1n) is 5.97. The van der Waals surface area contributed by atoms with Crippen molar-refractivity contribution < 1.29 is 24.2 Å². The molecule has 0 unspecified atom stereocenters. The first-order valence-corrected chi connectivity index (χ1v) is 5.97. The molecule has 0 fully saturated rings. The van der Waals surface area contributed by atoms with E-state index < -0.39 is 5.97 Å². The minimum Gasteiger partial charge on any atom is -0.497 e. The van der Waals surface area contributed by atoms with Crippen molar-refractivity contribution in [2.24, 2.45) is 0 Å². The number of carboxylic acids is 1. The minimum atomic E-state index is -1.08. The van der Waals surface area contributed by atoms with Crippen LogP contribution in [-0.4, -0.2) is 31.2 Å². The van der Waals surface area contributed by atoms with Crippen LogP contribution in [0.4, 0.5) is 5.69 Å². The van der Waals surface area contributed by atoms with Crippen LogP contribution in [0.2, 0.25) is 0 Å². The molecular formula is C14H15NO5. The number of hydrogen-bond acceptors (Lipinski definition) is 4. The molecule has 0 saturated carbocycles. The number of carbonyl (C=O) groups is 2. The second kappa shape index (κ2) is 5.24.